The van der Waals surface area contributed by atoms with E-state index in [-0.39, 0.29) is 11.7 Å². The lowest BCUT2D eigenvalue weighted by atomic mass is 10.2. The van der Waals surface area contributed by atoms with Crippen molar-refractivity contribution in [3.05, 3.63) is 64.9 Å². The van der Waals surface area contributed by atoms with Crippen LogP contribution in [0.15, 0.2) is 53.4 Å². The molecule has 0 radical (unpaired) electrons. The van der Waals surface area contributed by atoms with Gasteiger partial charge in [-0.25, -0.2) is 4.39 Å². The number of hydrogen-bond acceptors (Lipinski definition) is 3. The van der Waals surface area contributed by atoms with Crippen LogP contribution in [-0.2, 0) is 10.5 Å². The molecule has 2 aromatic rings. The molecule has 23 heavy (non-hydrogen) atoms. The zero-order valence-electron chi connectivity index (χ0n) is 12.4. The fourth-order valence-electron chi connectivity index (χ4n) is 1.81. The van der Waals surface area contributed by atoms with Crippen LogP contribution in [0.4, 0.5) is 4.39 Å². The Bertz CT molecular complexity index is 637. The van der Waals surface area contributed by atoms with Gasteiger partial charge < -0.3 is 5.32 Å². The minimum absolute atomic E-state index is 0.0250. The number of hydrogen-bond donors (Lipinski definition) is 1. The van der Waals surface area contributed by atoms with Crippen molar-refractivity contribution in [1.82, 2.24) is 5.32 Å². The maximum Gasteiger partial charge on any atom is 0.230 e. The molecule has 2 nitrogen and oxygen atoms in total. The molecule has 0 aliphatic heterocycles. The number of amides is 1. The van der Waals surface area contributed by atoms with Crippen molar-refractivity contribution in [2.75, 3.05) is 18.1 Å². The molecule has 0 aromatic heterocycles. The van der Waals surface area contributed by atoms with Crippen LogP contribution in [0.1, 0.15) is 5.56 Å². The number of carbonyl (C=O) groups is 1. The third-order valence-corrected chi connectivity index (χ3v) is 5.20. The molecule has 0 fully saturated rings. The molecule has 6 heteroatoms. The standard InChI is InChI=1S/C17H17ClFNOS2/c18-14-5-7-15(8-6-14)23-10-9-20-17(21)12-22-11-13-3-1-2-4-16(13)19/h1-8H,9-12H2,(H,20,21). The van der Waals surface area contributed by atoms with Crippen molar-refractivity contribution in [3.8, 4) is 0 Å². The lowest BCUT2D eigenvalue weighted by Gasteiger charge is -2.06. The van der Waals surface area contributed by atoms with Crippen molar-refractivity contribution in [3.63, 3.8) is 0 Å². The van der Waals surface area contributed by atoms with Crippen molar-refractivity contribution in [2.24, 2.45) is 0 Å². The Kier molecular flexibility index (Phi) is 7.79. The number of halogens is 2. The van der Waals surface area contributed by atoms with Crippen molar-refractivity contribution in [1.29, 1.82) is 0 Å². The smallest absolute Gasteiger partial charge is 0.230 e. The van der Waals surface area contributed by atoms with Gasteiger partial charge in [-0.15, -0.1) is 23.5 Å². The third-order valence-electron chi connectivity index (χ3n) is 2.96. The Morgan fingerprint density at radius 3 is 2.61 bits per heavy atom. The minimum atomic E-state index is -0.222. The SMILES string of the molecule is O=C(CSCc1ccccc1F)NCCSc1ccc(Cl)cc1. The van der Waals surface area contributed by atoms with Crippen LogP contribution in [0.2, 0.25) is 5.02 Å². The molecular weight excluding hydrogens is 353 g/mol. The first-order chi connectivity index (χ1) is 11.1. The molecule has 0 spiro atoms. The molecule has 0 aliphatic carbocycles. The summed E-state index contributed by atoms with van der Waals surface area (Å²) in [5, 5.41) is 3.58. The van der Waals surface area contributed by atoms with E-state index in [1.807, 2.05) is 24.3 Å². The van der Waals surface area contributed by atoms with Gasteiger partial charge in [-0.2, -0.15) is 0 Å². The Hall–Kier alpha value is -1.17. The summed E-state index contributed by atoms with van der Waals surface area (Å²) in [6.45, 7) is 0.604. The van der Waals surface area contributed by atoms with E-state index in [2.05, 4.69) is 5.32 Å². The zero-order valence-corrected chi connectivity index (χ0v) is 14.8. The molecule has 2 aromatic carbocycles. The fourth-order valence-corrected chi connectivity index (χ4v) is 3.55. The van der Waals surface area contributed by atoms with Crippen LogP contribution in [-0.4, -0.2) is 24.0 Å². The third kappa shape index (κ3) is 6.85. The zero-order chi connectivity index (χ0) is 16.5. The Morgan fingerprint density at radius 1 is 1.13 bits per heavy atom. The summed E-state index contributed by atoms with van der Waals surface area (Å²) in [7, 11) is 0. The molecular formula is C17H17ClFNOS2. The summed E-state index contributed by atoms with van der Waals surface area (Å²) in [5.41, 5.74) is 0.628. The summed E-state index contributed by atoms with van der Waals surface area (Å²) in [6.07, 6.45) is 0. The number of benzene rings is 2. The van der Waals surface area contributed by atoms with Gasteiger partial charge in [0.2, 0.25) is 5.91 Å². The molecule has 0 heterocycles. The van der Waals surface area contributed by atoms with Gasteiger partial charge >= 0.3 is 0 Å². The second kappa shape index (κ2) is 9.85. The van der Waals surface area contributed by atoms with Gasteiger partial charge in [0.25, 0.3) is 0 Å². The quantitative estimate of drug-likeness (QED) is 0.543. The van der Waals surface area contributed by atoms with Crippen molar-refractivity contribution in [2.45, 2.75) is 10.6 Å². The predicted molar refractivity (Wildman–Crippen MR) is 97.7 cm³/mol. The molecule has 2 rings (SSSR count). The first kappa shape index (κ1) is 18.2. The Balaban J connectivity index is 1.58. The predicted octanol–water partition coefficient (Wildman–Crippen LogP) is 4.62. The average Bonchev–Trinajstić information content (AvgIpc) is 2.55. The van der Waals surface area contributed by atoms with Crippen LogP contribution in [0.5, 0.6) is 0 Å². The van der Waals surface area contributed by atoms with Gasteiger partial charge in [-0.05, 0) is 35.9 Å². The summed E-state index contributed by atoms with van der Waals surface area (Å²) in [6, 6.07) is 14.2. The van der Waals surface area contributed by atoms with Gasteiger partial charge in [-0.3, -0.25) is 4.79 Å². The molecule has 0 saturated heterocycles. The topological polar surface area (TPSA) is 29.1 Å². The van der Waals surface area contributed by atoms with E-state index in [4.69, 9.17) is 11.6 Å². The lowest BCUT2D eigenvalue weighted by Crippen LogP contribution is -2.27. The summed E-state index contributed by atoms with van der Waals surface area (Å²) in [5.74, 6) is 1.38. The fraction of sp³-hybridized carbons (Fsp3) is 0.235. The van der Waals surface area contributed by atoms with E-state index in [1.54, 1.807) is 30.0 Å². The first-order valence-corrected chi connectivity index (χ1v) is 9.63. The first-order valence-electron chi connectivity index (χ1n) is 7.11. The van der Waals surface area contributed by atoms with Crippen LogP contribution in [0.25, 0.3) is 0 Å². The number of nitrogens with one attached hydrogen (secondary N) is 1. The van der Waals surface area contributed by atoms with Crippen LogP contribution in [0.3, 0.4) is 0 Å². The van der Waals surface area contributed by atoms with Crippen LogP contribution >= 0.6 is 35.1 Å². The summed E-state index contributed by atoms with van der Waals surface area (Å²) < 4.78 is 13.4. The number of carbonyl (C=O) groups excluding carboxylic acids is 1. The number of rotatable bonds is 8. The molecule has 122 valence electrons. The highest BCUT2D eigenvalue weighted by atomic mass is 35.5. The van der Waals surface area contributed by atoms with Gasteiger partial charge in [0.1, 0.15) is 5.82 Å². The maximum absolute atomic E-state index is 13.4. The maximum atomic E-state index is 13.4. The van der Waals surface area contributed by atoms with Crippen LogP contribution in [0, 0.1) is 5.82 Å². The largest absolute Gasteiger partial charge is 0.355 e. The molecule has 0 unspecified atom stereocenters. The normalized spacial score (nSPS) is 10.5. The lowest BCUT2D eigenvalue weighted by molar-refractivity contribution is -0.118. The summed E-state index contributed by atoms with van der Waals surface area (Å²) >= 11 is 8.90. The highest BCUT2D eigenvalue weighted by Crippen LogP contribution is 2.19. The van der Waals surface area contributed by atoms with E-state index < -0.39 is 0 Å². The molecule has 0 bridgehead atoms. The molecule has 1 N–H and O–H groups in total. The van der Waals surface area contributed by atoms with E-state index >= 15 is 0 Å². The molecule has 0 aliphatic rings. The highest BCUT2D eigenvalue weighted by Gasteiger charge is 2.04. The minimum Gasteiger partial charge on any atom is -0.355 e. The molecule has 1 amide bonds. The second-order valence-electron chi connectivity index (χ2n) is 4.74. The molecule has 0 saturated carbocycles. The van der Waals surface area contributed by atoms with E-state index in [0.29, 0.717) is 23.6 Å². The van der Waals surface area contributed by atoms with Gasteiger partial charge in [0.05, 0.1) is 5.75 Å². The van der Waals surface area contributed by atoms with Crippen molar-refractivity contribution >= 4 is 41.0 Å². The van der Waals surface area contributed by atoms with E-state index in [9.17, 15) is 9.18 Å². The number of thioether (sulfide) groups is 2. The second-order valence-corrected chi connectivity index (χ2v) is 7.33. The summed E-state index contributed by atoms with van der Waals surface area (Å²) in [4.78, 5) is 12.8. The van der Waals surface area contributed by atoms with E-state index in [0.717, 1.165) is 15.7 Å². The monoisotopic (exact) mass is 369 g/mol. The van der Waals surface area contributed by atoms with Gasteiger partial charge in [0, 0.05) is 28.0 Å². The highest BCUT2D eigenvalue weighted by molar-refractivity contribution is 7.99. The average molecular weight is 370 g/mol. The Morgan fingerprint density at radius 2 is 1.87 bits per heavy atom. The molecule has 0 atom stereocenters. The van der Waals surface area contributed by atoms with Gasteiger partial charge in [0.15, 0.2) is 0 Å². The van der Waals surface area contributed by atoms with Gasteiger partial charge in [-0.1, -0.05) is 29.8 Å². The van der Waals surface area contributed by atoms with E-state index in [1.165, 1.54) is 17.8 Å². The Labute approximate surface area is 149 Å². The van der Waals surface area contributed by atoms with Crippen LogP contribution < -0.4 is 5.32 Å². The van der Waals surface area contributed by atoms with Crippen molar-refractivity contribution < 1.29 is 9.18 Å².